The van der Waals surface area contributed by atoms with E-state index in [1.54, 1.807) is 12.3 Å². The highest BCUT2D eigenvalue weighted by Gasteiger charge is 2.17. The summed E-state index contributed by atoms with van der Waals surface area (Å²) in [6, 6.07) is 2.28. The van der Waals surface area contributed by atoms with Crippen molar-refractivity contribution in [1.82, 2.24) is 14.9 Å². The molecule has 0 radical (unpaired) electrons. The number of nitrogens with zero attached hydrogens (tertiary/aromatic N) is 3. The summed E-state index contributed by atoms with van der Waals surface area (Å²) in [7, 11) is 2.16. The molecular formula is C13H22N4O. The van der Waals surface area contributed by atoms with Gasteiger partial charge in [-0.25, -0.2) is 4.98 Å². The third-order valence-electron chi connectivity index (χ3n) is 3.14. The van der Waals surface area contributed by atoms with Crippen LogP contribution in [-0.4, -0.2) is 47.7 Å². The lowest BCUT2D eigenvalue weighted by Gasteiger charge is -2.29. The molecule has 2 heterocycles. The van der Waals surface area contributed by atoms with Crippen LogP contribution in [0, 0.1) is 0 Å². The van der Waals surface area contributed by atoms with Crippen LogP contribution in [0.2, 0.25) is 0 Å². The van der Waals surface area contributed by atoms with Gasteiger partial charge in [-0.15, -0.1) is 0 Å². The predicted octanol–water partition coefficient (Wildman–Crippen LogP) is 1.77. The molecule has 18 heavy (non-hydrogen) atoms. The molecule has 0 unspecified atom stereocenters. The van der Waals surface area contributed by atoms with Crippen molar-refractivity contribution in [2.75, 3.05) is 32.1 Å². The lowest BCUT2D eigenvalue weighted by molar-refractivity contribution is 0.263. The number of hydrogen-bond acceptors (Lipinski definition) is 5. The summed E-state index contributed by atoms with van der Waals surface area (Å²) in [5, 5.41) is 3.39. The van der Waals surface area contributed by atoms with Crippen LogP contribution >= 0.6 is 0 Å². The highest BCUT2D eigenvalue weighted by molar-refractivity contribution is 5.29. The summed E-state index contributed by atoms with van der Waals surface area (Å²) in [4.78, 5) is 11.0. The quantitative estimate of drug-likeness (QED) is 0.863. The van der Waals surface area contributed by atoms with Crippen LogP contribution in [0.4, 0.5) is 5.95 Å². The molecular weight excluding hydrogens is 228 g/mol. The second-order valence-corrected chi connectivity index (χ2v) is 4.79. The number of anilines is 1. The Hall–Kier alpha value is -1.36. The molecule has 0 amide bonds. The molecule has 1 N–H and O–H groups in total. The SMILES string of the molecule is CCCOc1ccnc(NC2CCN(C)CC2)n1. The van der Waals surface area contributed by atoms with Crippen molar-refractivity contribution in [2.45, 2.75) is 32.2 Å². The number of rotatable bonds is 5. The Labute approximate surface area is 109 Å². The van der Waals surface area contributed by atoms with Gasteiger partial charge >= 0.3 is 0 Å². The number of piperidine rings is 1. The first kappa shape index (κ1) is 13.1. The normalized spacial score (nSPS) is 17.7. The van der Waals surface area contributed by atoms with E-state index in [0.717, 1.165) is 32.4 Å². The van der Waals surface area contributed by atoms with Crippen LogP contribution in [0.1, 0.15) is 26.2 Å². The number of aromatic nitrogens is 2. The minimum Gasteiger partial charge on any atom is -0.478 e. The zero-order chi connectivity index (χ0) is 12.8. The molecule has 0 saturated carbocycles. The van der Waals surface area contributed by atoms with Crippen LogP contribution in [0.15, 0.2) is 12.3 Å². The van der Waals surface area contributed by atoms with E-state index in [9.17, 15) is 0 Å². The maximum absolute atomic E-state index is 5.50. The lowest BCUT2D eigenvalue weighted by Crippen LogP contribution is -2.37. The van der Waals surface area contributed by atoms with Crippen LogP contribution in [-0.2, 0) is 0 Å². The van der Waals surface area contributed by atoms with Gasteiger partial charge in [-0.2, -0.15) is 4.98 Å². The molecule has 1 saturated heterocycles. The first-order chi connectivity index (χ1) is 8.78. The third-order valence-corrected chi connectivity index (χ3v) is 3.14. The van der Waals surface area contributed by atoms with E-state index in [1.807, 2.05) is 0 Å². The average molecular weight is 250 g/mol. The maximum Gasteiger partial charge on any atom is 0.226 e. The molecule has 1 aromatic rings. The van der Waals surface area contributed by atoms with Crippen molar-refractivity contribution >= 4 is 5.95 Å². The van der Waals surface area contributed by atoms with Crippen molar-refractivity contribution in [1.29, 1.82) is 0 Å². The van der Waals surface area contributed by atoms with Crippen LogP contribution in [0.3, 0.4) is 0 Å². The van der Waals surface area contributed by atoms with Crippen LogP contribution in [0.25, 0.3) is 0 Å². The van der Waals surface area contributed by atoms with E-state index in [0.29, 0.717) is 24.5 Å². The summed E-state index contributed by atoms with van der Waals surface area (Å²) >= 11 is 0. The zero-order valence-corrected chi connectivity index (χ0v) is 11.2. The highest BCUT2D eigenvalue weighted by Crippen LogP contribution is 2.14. The zero-order valence-electron chi connectivity index (χ0n) is 11.2. The number of nitrogens with one attached hydrogen (secondary N) is 1. The first-order valence-corrected chi connectivity index (χ1v) is 6.69. The molecule has 1 aliphatic rings. The van der Waals surface area contributed by atoms with Gasteiger partial charge in [0.15, 0.2) is 0 Å². The van der Waals surface area contributed by atoms with Crippen LogP contribution in [0.5, 0.6) is 5.88 Å². The molecule has 1 aliphatic heterocycles. The first-order valence-electron chi connectivity index (χ1n) is 6.69. The summed E-state index contributed by atoms with van der Waals surface area (Å²) in [6.07, 6.45) is 5.01. The summed E-state index contributed by atoms with van der Waals surface area (Å²) < 4.78 is 5.50. The summed E-state index contributed by atoms with van der Waals surface area (Å²) in [6.45, 7) is 5.04. The highest BCUT2D eigenvalue weighted by atomic mass is 16.5. The van der Waals surface area contributed by atoms with Gasteiger partial charge in [-0.3, -0.25) is 0 Å². The van der Waals surface area contributed by atoms with Crippen molar-refractivity contribution in [3.63, 3.8) is 0 Å². The number of likely N-dealkylation sites (tertiary alicyclic amines) is 1. The summed E-state index contributed by atoms with van der Waals surface area (Å²) in [5.74, 6) is 1.33. The lowest BCUT2D eigenvalue weighted by atomic mass is 10.1. The number of hydrogen-bond donors (Lipinski definition) is 1. The number of ether oxygens (including phenoxy) is 1. The monoisotopic (exact) mass is 250 g/mol. The van der Waals surface area contributed by atoms with Gasteiger partial charge in [0.2, 0.25) is 11.8 Å². The molecule has 5 heteroatoms. The standard InChI is InChI=1S/C13H22N4O/c1-3-10-18-12-4-7-14-13(16-12)15-11-5-8-17(2)9-6-11/h4,7,11H,3,5-6,8-10H2,1-2H3,(H,14,15,16). The Balaban J connectivity index is 1.88. The molecule has 5 nitrogen and oxygen atoms in total. The Morgan fingerprint density at radius 2 is 2.22 bits per heavy atom. The molecule has 2 rings (SSSR count). The van der Waals surface area contributed by atoms with E-state index in [-0.39, 0.29) is 0 Å². The fraction of sp³-hybridized carbons (Fsp3) is 0.692. The molecule has 1 fully saturated rings. The topological polar surface area (TPSA) is 50.3 Å². The molecule has 1 aromatic heterocycles. The van der Waals surface area contributed by atoms with Gasteiger partial charge in [0.25, 0.3) is 0 Å². The van der Waals surface area contributed by atoms with Gasteiger partial charge in [0.1, 0.15) is 0 Å². The smallest absolute Gasteiger partial charge is 0.226 e. The Bertz CT molecular complexity index is 364. The minimum atomic E-state index is 0.475. The molecule has 0 aliphatic carbocycles. The van der Waals surface area contributed by atoms with E-state index in [4.69, 9.17) is 4.74 Å². The molecule has 0 aromatic carbocycles. The Morgan fingerprint density at radius 3 is 2.94 bits per heavy atom. The fourth-order valence-corrected chi connectivity index (χ4v) is 2.03. The van der Waals surface area contributed by atoms with Crippen molar-refractivity contribution < 1.29 is 4.74 Å². The molecule has 0 spiro atoms. The van der Waals surface area contributed by atoms with Crippen LogP contribution < -0.4 is 10.1 Å². The predicted molar refractivity (Wildman–Crippen MR) is 72.0 cm³/mol. The van der Waals surface area contributed by atoms with Gasteiger partial charge in [0.05, 0.1) is 6.61 Å². The van der Waals surface area contributed by atoms with E-state index in [1.165, 1.54) is 0 Å². The van der Waals surface area contributed by atoms with Gasteiger partial charge in [-0.05, 0) is 39.4 Å². The second kappa shape index (κ2) is 6.54. The second-order valence-electron chi connectivity index (χ2n) is 4.79. The van der Waals surface area contributed by atoms with E-state index in [2.05, 4.69) is 34.2 Å². The summed E-state index contributed by atoms with van der Waals surface area (Å²) in [5.41, 5.74) is 0. The Morgan fingerprint density at radius 1 is 1.44 bits per heavy atom. The van der Waals surface area contributed by atoms with Crippen molar-refractivity contribution in [3.8, 4) is 5.88 Å². The van der Waals surface area contributed by atoms with Gasteiger partial charge in [-0.1, -0.05) is 6.92 Å². The maximum atomic E-state index is 5.50. The Kier molecular flexibility index (Phi) is 4.75. The molecule has 0 atom stereocenters. The van der Waals surface area contributed by atoms with Gasteiger partial charge < -0.3 is 15.0 Å². The van der Waals surface area contributed by atoms with E-state index < -0.39 is 0 Å². The van der Waals surface area contributed by atoms with E-state index >= 15 is 0 Å². The molecule has 0 bridgehead atoms. The van der Waals surface area contributed by atoms with Gasteiger partial charge in [0, 0.05) is 18.3 Å². The fourth-order valence-electron chi connectivity index (χ4n) is 2.03. The minimum absolute atomic E-state index is 0.475. The van der Waals surface area contributed by atoms with Crippen molar-refractivity contribution in [3.05, 3.63) is 12.3 Å². The largest absolute Gasteiger partial charge is 0.478 e. The third kappa shape index (κ3) is 3.84. The molecule has 100 valence electrons. The van der Waals surface area contributed by atoms with Crippen molar-refractivity contribution in [2.24, 2.45) is 0 Å². The average Bonchev–Trinajstić information content (AvgIpc) is 2.40.